The highest BCUT2D eigenvalue weighted by molar-refractivity contribution is 8.00. The molecule has 11 heteroatoms. The second kappa shape index (κ2) is 16.8. The Kier molecular flexibility index (Phi) is 12.4. The first kappa shape index (κ1) is 37.9. The van der Waals surface area contributed by atoms with Crippen LogP contribution in [0.3, 0.4) is 0 Å². The van der Waals surface area contributed by atoms with Gasteiger partial charge >= 0.3 is 5.97 Å². The van der Waals surface area contributed by atoms with Crippen LogP contribution in [0.25, 0.3) is 6.08 Å². The molecule has 4 aromatic rings. The highest BCUT2D eigenvalue weighted by Crippen LogP contribution is 2.44. The van der Waals surface area contributed by atoms with Crippen molar-refractivity contribution in [3.05, 3.63) is 117 Å². The fourth-order valence-corrected chi connectivity index (χ4v) is 8.30. The van der Waals surface area contributed by atoms with E-state index >= 15 is 0 Å². The van der Waals surface area contributed by atoms with Crippen LogP contribution in [0.15, 0.2) is 89.5 Å². The molecule has 0 radical (unpaired) electrons. The second-order valence-electron chi connectivity index (χ2n) is 13.4. The van der Waals surface area contributed by atoms with Crippen LogP contribution >= 0.6 is 34.7 Å². The van der Waals surface area contributed by atoms with Gasteiger partial charge in [0.15, 0.2) is 0 Å². The van der Waals surface area contributed by atoms with Gasteiger partial charge < -0.3 is 20.7 Å². The van der Waals surface area contributed by atoms with Gasteiger partial charge in [-0.1, -0.05) is 68.8 Å². The lowest BCUT2D eigenvalue weighted by molar-refractivity contribution is -0.115. The number of hydrogen-bond donors (Lipinski definition) is 3. The third-order valence-corrected chi connectivity index (χ3v) is 11.2. The van der Waals surface area contributed by atoms with E-state index in [9.17, 15) is 19.2 Å². The number of nitrogens with one attached hydrogen (secondary N) is 3. The third kappa shape index (κ3) is 9.90. The summed E-state index contributed by atoms with van der Waals surface area (Å²) < 4.78 is 5.41. The molecule has 5 rings (SSSR count). The Bertz CT molecular complexity index is 1950. The predicted octanol–water partition coefficient (Wildman–Crippen LogP) is 9.26. The molecule has 0 saturated heterocycles. The molecular formula is C40H42ClN3O5S2. The first-order valence-corrected chi connectivity index (χ1v) is 18.9. The van der Waals surface area contributed by atoms with Crippen LogP contribution < -0.4 is 16.0 Å². The van der Waals surface area contributed by atoms with Gasteiger partial charge in [-0.05, 0) is 104 Å². The molecule has 51 heavy (non-hydrogen) atoms. The van der Waals surface area contributed by atoms with E-state index in [0.717, 1.165) is 34.6 Å². The van der Waals surface area contributed by atoms with E-state index in [0.29, 0.717) is 38.3 Å². The van der Waals surface area contributed by atoms with Gasteiger partial charge in [-0.3, -0.25) is 14.4 Å². The van der Waals surface area contributed by atoms with Crippen molar-refractivity contribution in [1.29, 1.82) is 0 Å². The average molecular weight is 744 g/mol. The second-order valence-corrected chi connectivity index (χ2v) is 16.4. The molecule has 0 spiro atoms. The first-order valence-electron chi connectivity index (χ1n) is 16.9. The number of thioether (sulfide) groups is 1. The number of esters is 1. The smallest absolute Gasteiger partial charge is 0.341 e. The first-order chi connectivity index (χ1) is 24.3. The fourth-order valence-electron chi connectivity index (χ4n) is 5.85. The third-order valence-electron chi connectivity index (χ3n) is 8.67. The highest BCUT2D eigenvalue weighted by atomic mass is 35.5. The fraction of sp³-hybridized carbons (Fsp3) is 0.300. The number of anilines is 2. The Hall–Kier alpha value is -4.38. The van der Waals surface area contributed by atoms with E-state index in [1.54, 1.807) is 92.7 Å². The minimum Gasteiger partial charge on any atom is -0.462 e. The summed E-state index contributed by atoms with van der Waals surface area (Å²) in [5, 5.41) is 9.13. The molecule has 266 valence electrons. The summed E-state index contributed by atoms with van der Waals surface area (Å²) in [7, 11) is 0. The molecule has 0 bridgehead atoms. The summed E-state index contributed by atoms with van der Waals surface area (Å²) in [6.07, 6.45) is 4.17. The summed E-state index contributed by atoms with van der Waals surface area (Å²) >= 11 is 8.97. The van der Waals surface area contributed by atoms with Crippen molar-refractivity contribution in [2.45, 2.75) is 64.0 Å². The van der Waals surface area contributed by atoms with Crippen LogP contribution in [-0.4, -0.2) is 35.5 Å². The maximum absolute atomic E-state index is 13.6. The number of benzene rings is 3. The molecule has 3 N–H and O–H groups in total. The van der Waals surface area contributed by atoms with Gasteiger partial charge in [0, 0.05) is 26.0 Å². The molecule has 3 amide bonds. The molecule has 0 saturated carbocycles. The van der Waals surface area contributed by atoms with Crippen molar-refractivity contribution >= 4 is 75.2 Å². The number of thiophene rings is 1. The van der Waals surface area contributed by atoms with Crippen molar-refractivity contribution in [1.82, 2.24) is 5.32 Å². The normalized spacial score (nSPS) is 14.9. The largest absolute Gasteiger partial charge is 0.462 e. The van der Waals surface area contributed by atoms with Gasteiger partial charge in [0.2, 0.25) is 5.91 Å². The summed E-state index contributed by atoms with van der Waals surface area (Å²) in [4.78, 5) is 55.1. The van der Waals surface area contributed by atoms with Crippen LogP contribution in [0, 0.1) is 11.3 Å². The molecule has 1 heterocycles. The SMILES string of the molecule is CCOC(=O)c1c(NC(=O)C(C)Sc2cccc(NC(=O)/C(=C/c3cccc(Cl)c3)NC(=O)c3ccccc3)c2)sc2c1CCC(C(C)(C)C)C2. The number of rotatable bonds is 11. The highest BCUT2D eigenvalue weighted by Gasteiger charge is 2.35. The summed E-state index contributed by atoms with van der Waals surface area (Å²) in [6, 6.07) is 22.7. The van der Waals surface area contributed by atoms with Crippen LogP contribution in [0.4, 0.5) is 10.7 Å². The molecule has 1 aliphatic carbocycles. The minimum absolute atomic E-state index is 0.0294. The summed E-state index contributed by atoms with van der Waals surface area (Å²) in [6.45, 7) is 10.5. The molecule has 0 fully saturated rings. The number of amides is 3. The monoisotopic (exact) mass is 743 g/mol. The maximum Gasteiger partial charge on any atom is 0.341 e. The van der Waals surface area contributed by atoms with Gasteiger partial charge in [0.25, 0.3) is 11.8 Å². The van der Waals surface area contributed by atoms with Crippen LogP contribution in [0.5, 0.6) is 0 Å². The topological polar surface area (TPSA) is 114 Å². The Morgan fingerprint density at radius 2 is 1.75 bits per heavy atom. The molecule has 1 aliphatic rings. The lowest BCUT2D eigenvalue weighted by Crippen LogP contribution is -2.30. The zero-order chi connectivity index (χ0) is 36.7. The van der Waals surface area contributed by atoms with Crippen molar-refractivity contribution in [3.8, 4) is 0 Å². The molecule has 8 nitrogen and oxygen atoms in total. The van der Waals surface area contributed by atoms with Gasteiger partial charge in [-0.15, -0.1) is 23.1 Å². The lowest BCUT2D eigenvalue weighted by Gasteiger charge is -2.33. The van der Waals surface area contributed by atoms with Crippen LogP contribution in [0.2, 0.25) is 5.02 Å². The van der Waals surface area contributed by atoms with E-state index in [1.165, 1.54) is 23.1 Å². The van der Waals surface area contributed by atoms with Gasteiger partial charge in [-0.25, -0.2) is 4.79 Å². The predicted molar refractivity (Wildman–Crippen MR) is 208 cm³/mol. The zero-order valence-electron chi connectivity index (χ0n) is 29.3. The van der Waals surface area contributed by atoms with Crippen molar-refractivity contribution in [2.24, 2.45) is 11.3 Å². The number of ether oxygens (including phenoxy) is 1. The lowest BCUT2D eigenvalue weighted by atomic mass is 9.72. The van der Waals surface area contributed by atoms with Crippen LogP contribution in [0.1, 0.15) is 77.8 Å². The molecule has 0 aliphatic heterocycles. The number of carbonyl (C=O) groups excluding carboxylic acids is 4. The Labute approximate surface area is 312 Å². The molecule has 2 unspecified atom stereocenters. The van der Waals surface area contributed by atoms with E-state index in [4.69, 9.17) is 16.3 Å². The molecular weight excluding hydrogens is 702 g/mol. The zero-order valence-corrected chi connectivity index (χ0v) is 31.7. The van der Waals surface area contributed by atoms with Crippen molar-refractivity contribution in [3.63, 3.8) is 0 Å². The van der Waals surface area contributed by atoms with Gasteiger partial charge in [-0.2, -0.15) is 0 Å². The van der Waals surface area contributed by atoms with Crippen LogP contribution in [-0.2, 0) is 27.2 Å². The molecule has 2 atom stereocenters. The number of halogens is 1. The van der Waals surface area contributed by atoms with Crippen molar-refractivity contribution in [2.75, 3.05) is 17.2 Å². The Balaban J connectivity index is 1.30. The standard InChI is InChI=1S/C40H42ClN3O5S2/c1-6-49-39(48)34-31-19-18-27(40(3,4)5)22-33(31)51-38(34)44-35(45)24(2)50-30-17-11-16-29(23-30)42-37(47)32(21-25-12-10-15-28(41)20-25)43-36(46)26-13-8-7-9-14-26/h7-17,20-21,23-24,27H,6,18-19,22H2,1-5H3,(H,42,47)(H,43,46)(H,44,45)/b32-21-. The van der Waals surface area contributed by atoms with Gasteiger partial charge in [0.1, 0.15) is 10.7 Å². The number of hydrogen-bond acceptors (Lipinski definition) is 7. The average Bonchev–Trinajstić information content (AvgIpc) is 3.45. The van der Waals surface area contributed by atoms with Crippen molar-refractivity contribution < 1.29 is 23.9 Å². The van der Waals surface area contributed by atoms with E-state index in [2.05, 4.69) is 36.7 Å². The maximum atomic E-state index is 13.6. The van der Waals surface area contributed by atoms with E-state index < -0.39 is 23.0 Å². The van der Waals surface area contributed by atoms with E-state index in [1.807, 2.05) is 6.07 Å². The number of carbonyl (C=O) groups is 4. The van der Waals surface area contributed by atoms with Gasteiger partial charge in [0.05, 0.1) is 17.4 Å². The summed E-state index contributed by atoms with van der Waals surface area (Å²) in [5.41, 5.74) is 3.14. The quantitative estimate of drug-likeness (QED) is 0.0802. The van der Waals surface area contributed by atoms with E-state index in [-0.39, 0.29) is 23.6 Å². The minimum atomic E-state index is -0.533. The number of fused-ring (bicyclic) bond motifs is 1. The molecule has 1 aromatic heterocycles. The Morgan fingerprint density at radius 3 is 2.45 bits per heavy atom. The summed E-state index contributed by atoms with van der Waals surface area (Å²) in [5.74, 6) is -1.15. The molecule has 3 aromatic carbocycles. The Morgan fingerprint density at radius 1 is 1.00 bits per heavy atom.